The van der Waals surface area contributed by atoms with Crippen LogP contribution in [0.25, 0.3) is 0 Å². The van der Waals surface area contributed by atoms with Crippen molar-refractivity contribution in [3.05, 3.63) is 59.8 Å². The Balaban J connectivity index is 1.65. The zero-order valence-electron chi connectivity index (χ0n) is 13.4. The van der Waals surface area contributed by atoms with Crippen LogP contribution in [0.3, 0.4) is 0 Å². The monoisotopic (exact) mass is 325 g/mol. The molecule has 1 aliphatic rings. The molecule has 2 aromatic rings. The van der Waals surface area contributed by atoms with Crippen molar-refractivity contribution in [1.29, 1.82) is 0 Å². The summed E-state index contributed by atoms with van der Waals surface area (Å²) >= 11 is 0. The summed E-state index contributed by atoms with van der Waals surface area (Å²) in [6, 6.07) is 13.2. The van der Waals surface area contributed by atoms with Gasteiger partial charge in [0.15, 0.2) is 0 Å². The second kappa shape index (κ2) is 7.12. The van der Waals surface area contributed by atoms with E-state index in [1.165, 1.54) is 11.1 Å². The molecule has 1 aromatic carbocycles. The van der Waals surface area contributed by atoms with E-state index in [-0.39, 0.29) is 24.5 Å². The maximum Gasteiger partial charge on any atom is 0.255 e. The van der Waals surface area contributed by atoms with Crippen LogP contribution in [-0.4, -0.2) is 41.3 Å². The SMILES string of the molecule is CC(Oc1ccc(C(=O)N2CCNC(=O)C2)cn1)c1ccccc1. The summed E-state index contributed by atoms with van der Waals surface area (Å²) in [5.41, 5.74) is 1.50. The van der Waals surface area contributed by atoms with Crippen LogP contribution in [0.15, 0.2) is 48.7 Å². The van der Waals surface area contributed by atoms with Crippen LogP contribution in [0.4, 0.5) is 0 Å². The van der Waals surface area contributed by atoms with E-state index in [1.54, 1.807) is 12.1 Å². The normalized spacial score (nSPS) is 15.5. The minimum Gasteiger partial charge on any atom is -0.470 e. The summed E-state index contributed by atoms with van der Waals surface area (Å²) < 4.78 is 5.80. The Morgan fingerprint density at radius 2 is 2.04 bits per heavy atom. The van der Waals surface area contributed by atoms with Gasteiger partial charge in [-0.25, -0.2) is 4.98 Å². The molecule has 1 unspecified atom stereocenters. The van der Waals surface area contributed by atoms with E-state index < -0.39 is 0 Å². The van der Waals surface area contributed by atoms with Crippen molar-refractivity contribution in [2.45, 2.75) is 13.0 Å². The number of nitrogens with one attached hydrogen (secondary N) is 1. The highest BCUT2D eigenvalue weighted by molar-refractivity contribution is 5.96. The lowest BCUT2D eigenvalue weighted by Gasteiger charge is -2.26. The number of hydrogen-bond acceptors (Lipinski definition) is 4. The van der Waals surface area contributed by atoms with E-state index in [1.807, 2.05) is 37.3 Å². The highest BCUT2D eigenvalue weighted by atomic mass is 16.5. The first-order valence-corrected chi connectivity index (χ1v) is 7.87. The summed E-state index contributed by atoms with van der Waals surface area (Å²) in [5.74, 6) is 0.124. The number of carbonyl (C=O) groups is 2. The van der Waals surface area contributed by atoms with Gasteiger partial charge in [-0.1, -0.05) is 30.3 Å². The molecule has 2 heterocycles. The Morgan fingerprint density at radius 1 is 1.25 bits per heavy atom. The van der Waals surface area contributed by atoms with E-state index in [4.69, 9.17) is 4.74 Å². The molecule has 1 aromatic heterocycles. The van der Waals surface area contributed by atoms with Crippen LogP contribution in [0, 0.1) is 0 Å². The summed E-state index contributed by atoms with van der Waals surface area (Å²) in [6.45, 7) is 3.02. The highest BCUT2D eigenvalue weighted by Gasteiger charge is 2.22. The standard InChI is InChI=1S/C18H19N3O3/c1-13(14-5-3-2-4-6-14)24-17-8-7-15(11-20-17)18(23)21-10-9-19-16(22)12-21/h2-8,11,13H,9-10,12H2,1H3,(H,19,22). The lowest BCUT2D eigenvalue weighted by Crippen LogP contribution is -2.49. The molecule has 6 heteroatoms. The lowest BCUT2D eigenvalue weighted by atomic mass is 10.1. The average Bonchev–Trinajstić information content (AvgIpc) is 2.62. The number of hydrogen-bond donors (Lipinski definition) is 1. The molecule has 1 N–H and O–H groups in total. The molecule has 0 spiro atoms. The number of aromatic nitrogens is 1. The second-order valence-electron chi connectivity index (χ2n) is 5.63. The first kappa shape index (κ1) is 16.0. The molecule has 0 bridgehead atoms. The largest absolute Gasteiger partial charge is 0.470 e. The number of benzene rings is 1. The topological polar surface area (TPSA) is 71.5 Å². The number of pyridine rings is 1. The zero-order chi connectivity index (χ0) is 16.9. The fourth-order valence-electron chi connectivity index (χ4n) is 2.54. The predicted molar refractivity (Wildman–Crippen MR) is 88.6 cm³/mol. The van der Waals surface area contributed by atoms with Crippen LogP contribution in [0.2, 0.25) is 0 Å². The molecule has 0 saturated carbocycles. The predicted octanol–water partition coefficient (Wildman–Crippen LogP) is 1.79. The molecule has 1 atom stereocenters. The third kappa shape index (κ3) is 3.71. The summed E-state index contributed by atoms with van der Waals surface area (Å²) in [7, 11) is 0. The van der Waals surface area contributed by atoms with Gasteiger partial charge in [-0.3, -0.25) is 9.59 Å². The first-order chi connectivity index (χ1) is 11.6. The van der Waals surface area contributed by atoms with E-state index in [2.05, 4.69) is 10.3 Å². The number of rotatable bonds is 4. The van der Waals surface area contributed by atoms with Crippen LogP contribution in [0.5, 0.6) is 5.88 Å². The number of amides is 2. The van der Waals surface area contributed by atoms with Crippen LogP contribution in [-0.2, 0) is 4.79 Å². The number of carbonyl (C=O) groups excluding carboxylic acids is 2. The smallest absolute Gasteiger partial charge is 0.255 e. The van der Waals surface area contributed by atoms with Gasteiger partial charge in [-0.2, -0.15) is 0 Å². The van der Waals surface area contributed by atoms with Gasteiger partial charge in [0, 0.05) is 25.4 Å². The maximum atomic E-state index is 12.4. The van der Waals surface area contributed by atoms with Crippen LogP contribution >= 0.6 is 0 Å². The number of nitrogens with zero attached hydrogens (tertiary/aromatic N) is 2. The molecular weight excluding hydrogens is 306 g/mol. The summed E-state index contributed by atoms with van der Waals surface area (Å²) in [5, 5.41) is 2.70. The van der Waals surface area contributed by atoms with Crippen molar-refractivity contribution >= 4 is 11.8 Å². The van der Waals surface area contributed by atoms with Crippen molar-refractivity contribution in [3.8, 4) is 5.88 Å². The molecule has 1 fully saturated rings. The Bertz CT molecular complexity index is 716. The Labute approximate surface area is 140 Å². The summed E-state index contributed by atoms with van der Waals surface area (Å²) in [4.78, 5) is 29.5. The van der Waals surface area contributed by atoms with Crippen LogP contribution < -0.4 is 10.1 Å². The van der Waals surface area contributed by atoms with Gasteiger partial charge in [-0.15, -0.1) is 0 Å². The highest BCUT2D eigenvalue weighted by Crippen LogP contribution is 2.20. The third-order valence-corrected chi connectivity index (χ3v) is 3.88. The first-order valence-electron chi connectivity index (χ1n) is 7.87. The average molecular weight is 325 g/mol. The molecule has 3 rings (SSSR count). The molecule has 1 aliphatic heterocycles. The molecule has 6 nitrogen and oxygen atoms in total. The minimum absolute atomic E-state index is 0.0854. The van der Waals surface area contributed by atoms with E-state index >= 15 is 0 Å². The second-order valence-corrected chi connectivity index (χ2v) is 5.63. The van der Waals surface area contributed by atoms with Gasteiger partial charge in [-0.05, 0) is 18.6 Å². The van der Waals surface area contributed by atoms with Gasteiger partial charge < -0.3 is 15.0 Å². The van der Waals surface area contributed by atoms with E-state index in [0.29, 0.717) is 24.5 Å². The van der Waals surface area contributed by atoms with Gasteiger partial charge in [0.1, 0.15) is 6.10 Å². The zero-order valence-corrected chi connectivity index (χ0v) is 13.4. The summed E-state index contributed by atoms with van der Waals surface area (Å²) in [6.07, 6.45) is 1.35. The molecule has 1 saturated heterocycles. The Morgan fingerprint density at radius 3 is 2.71 bits per heavy atom. The molecule has 0 aliphatic carbocycles. The quantitative estimate of drug-likeness (QED) is 0.930. The molecule has 124 valence electrons. The molecule has 0 radical (unpaired) electrons. The Hall–Kier alpha value is -2.89. The molecule has 24 heavy (non-hydrogen) atoms. The maximum absolute atomic E-state index is 12.4. The van der Waals surface area contributed by atoms with Gasteiger partial charge in [0.25, 0.3) is 5.91 Å². The van der Waals surface area contributed by atoms with Crippen molar-refractivity contribution in [2.24, 2.45) is 0 Å². The Kier molecular flexibility index (Phi) is 4.74. The fourth-order valence-corrected chi connectivity index (χ4v) is 2.54. The van der Waals surface area contributed by atoms with Crippen molar-refractivity contribution < 1.29 is 14.3 Å². The molecule has 2 amide bonds. The van der Waals surface area contributed by atoms with E-state index in [0.717, 1.165) is 5.56 Å². The van der Waals surface area contributed by atoms with Gasteiger partial charge >= 0.3 is 0 Å². The van der Waals surface area contributed by atoms with Gasteiger partial charge in [0.05, 0.1) is 12.1 Å². The van der Waals surface area contributed by atoms with Crippen molar-refractivity contribution in [3.63, 3.8) is 0 Å². The van der Waals surface area contributed by atoms with Crippen molar-refractivity contribution in [2.75, 3.05) is 19.6 Å². The third-order valence-electron chi connectivity index (χ3n) is 3.88. The number of piperazine rings is 1. The lowest BCUT2D eigenvalue weighted by molar-refractivity contribution is -0.123. The molecular formula is C18H19N3O3. The van der Waals surface area contributed by atoms with E-state index in [9.17, 15) is 9.59 Å². The van der Waals surface area contributed by atoms with Gasteiger partial charge in [0.2, 0.25) is 11.8 Å². The fraction of sp³-hybridized carbons (Fsp3) is 0.278. The van der Waals surface area contributed by atoms with Crippen LogP contribution in [0.1, 0.15) is 28.9 Å². The minimum atomic E-state index is -0.194. The number of ether oxygens (including phenoxy) is 1. The van der Waals surface area contributed by atoms with Crippen molar-refractivity contribution in [1.82, 2.24) is 15.2 Å².